The molecular formula is C20H27N3O3. The van der Waals surface area contributed by atoms with Crippen molar-refractivity contribution in [1.82, 2.24) is 9.80 Å². The maximum absolute atomic E-state index is 12.9. The highest BCUT2D eigenvalue weighted by atomic mass is 16.2. The van der Waals surface area contributed by atoms with Gasteiger partial charge in [0, 0.05) is 50.3 Å². The summed E-state index contributed by atoms with van der Waals surface area (Å²) in [6, 6.07) is 5.49. The topological polar surface area (TPSA) is 69.7 Å². The van der Waals surface area contributed by atoms with Gasteiger partial charge >= 0.3 is 0 Å². The summed E-state index contributed by atoms with van der Waals surface area (Å²) in [7, 11) is 0. The number of fused-ring (bicyclic) bond motifs is 1. The van der Waals surface area contributed by atoms with Crippen LogP contribution in [0.2, 0.25) is 0 Å². The number of amides is 3. The van der Waals surface area contributed by atoms with Gasteiger partial charge in [0.25, 0.3) is 5.91 Å². The van der Waals surface area contributed by atoms with Gasteiger partial charge in [0.1, 0.15) is 0 Å². The molecule has 6 heteroatoms. The quantitative estimate of drug-likeness (QED) is 0.900. The first-order valence-corrected chi connectivity index (χ1v) is 9.58. The van der Waals surface area contributed by atoms with E-state index in [0.717, 1.165) is 37.1 Å². The van der Waals surface area contributed by atoms with E-state index in [1.165, 1.54) is 0 Å². The molecule has 2 aliphatic rings. The van der Waals surface area contributed by atoms with Crippen LogP contribution in [0.4, 0.5) is 5.69 Å². The van der Waals surface area contributed by atoms with Crippen LogP contribution in [0.5, 0.6) is 0 Å². The lowest BCUT2D eigenvalue weighted by atomic mass is 10.00. The van der Waals surface area contributed by atoms with E-state index in [1.807, 2.05) is 21.9 Å². The van der Waals surface area contributed by atoms with Gasteiger partial charge in [-0.1, -0.05) is 13.3 Å². The van der Waals surface area contributed by atoms with Crippen molar-refractivity contribution in [1.29, 1.82) is 0 Å². The molecule has 3 amide bonds. The lowest BCUT2D eigenvalue weighted by Gasteiger charge is -2.23. The molecule has 0 saturated carbocycles. The molecule has 2 aliphatic heterocycles. The number of hydrogen-bond acceptors (Lipinski definition) is 3. The molecule has 140 valence electrons. The van der Waals surface area contributed by atoms with Gasteiger partial charge in [-0.3, -0.25) is 14.4 Å². The van der Waals surface area contributed by atoms with Crippen molar-refractivity contribution in [2.45, 2.75) is 45.4 Å². The van der Waals surface area contributed by atoms with Crippen molar-refractivity contribution in [2.24, 2.45) is 0 Å². The zero-order chi connectivity index (χ0) is 18.5. The molecule has 1 N–H and O–H groups in total. The number of anilines is 1. The van der Waals surface area contributed by atoms with Gasteiger partial charge in [-0.2, -0.15) is 0 Å². The molecule has 0 spiro atoms. The summed E-state index contributed by atoms with van der Waals surface area (Å²) in [5.41, 5.74) is 2.48. The third-order valence-electron chi connectivity index (χ3n) is 5.13. The Morgan fingerprint density at radius 3 is 2.65 bits per heavy atom. The number of aryl methyl sites for hydroxylation is 1. The molecule has 1 fully saturated rings. The molecule has 1 aromatic rings. The number of benzene rings is 1. The van der Waals surface area contributed by atoms with E-state index >= 15 is 0 Å². The monoisotopic (exact) mass is 357 g/mol. The fourth-order valence-corrected chi connectivity index (χ4v) is 3.56. The first-order chi connectivity index (χ1) is 12.6. The van der Waals surface area contributed by atoms with E-state index in [9.17, 15) is 14.4 Å². The van der Waals surface area contributed by atoms with Crippen molar-refractivity contribution in [2.75, 3.05) is 31.5 Å². The van der Waals surface area contributed by atoms with Crippen molar-refractivity contribution in [3.8, 4) is 0 Å². The fraction of sp³-hybridized carbons (Fsp3) is 0.550. The minimum atomic E-state index is 0.00700. The number of rotatable bonds is 4. The van der Waals surface area contributed by atoms with Gasteiger partial charge in [-0.05, 0) is 43.0 Å². The Balaban J connectivity index is 1.63. The molecule has 0 aromatic heterocycles. The van der Waals surface area contributed by atoms with Crippen molar-refractivity contribution in [3.63, 3.8) is 0 Å². The van der Waals surface area contributed by atoms with E-state index in [1.54, 1.807) is 6.07 Å². The van der Waals surface area contributed by atoms with E-state index < -0.39 is 0 Å². The average molecular weight is 357 g/mol. The highest BCUT2D eigenvalue weighted by Gasteiger charge is 2.24. The number of unbranched alkanes of at least 4 members (excludes halogenated alkanes) is 1. The Labute approximate surface area is 154 Å². The van der Waals surface area contributed by atoms with Crippen LogP contribution in [-0.4, -0.2) is 53.7 Å². The molecule has 1 aromatic carbocycles. The Hall–Kier alpha value is -2.37. The third-order valence-corrected chi connectivity index (χ3v) is 5.13. The van der Waals surface area contributed by atoms with Crippen LogP contribution in [0.1, 0.15) is 54.9 Å². The number of carbonyl (C=O) groups excluding carboxylic acids is 3. The molecule has 0 atom stereocenters. The number of hydrogen-bond donors (Lipinski definition) is 1. The summed E-state index contributed by atoms with van der Waals surface area (Å²) in [4.78, 5) is 40.3. The second kappa shape index (κ2) is 8.34. The van der Waals surface area contributed by atoms with Gasteiger partial charge in [0.05, 0.1) is 0 Å². The number of nitrogens with zero attached hydrogens (tertiary/aromatic N) is 2. The van der Waals surface area contributed by atoms with Crippen LogP contribution in [0.25, 0.3) is 0 Å². The Kier molecular flexibility index (Phi) is 5.91. The van der Waals surface area contributed by atoms with Crippen LogP contribution >= 0.6 is 0 Å². The van der Waals surface area contributed by atoms with E-state index in [-0.39, 0.29) is 17.7 Å². The highest BCUT2D eigenvalue weighted by Crippen LogP contribution is 2.24. The third kappa shape index (κ3) is 4.23. The van der Waals surface area contributed by atoms with E-state index in [0.29, 0.717) is 44.5 Å². The van der Waals surface area contributed by atoms with E-state index in [4.69, 9.17) is 0 Å². The van der Waals surface area contributed by atoms with Crippen LogP contribution in [0, 0.1) is 0 Å². The Morgan fingerprint density at radius 2 is 1.85 bits per heavy atom. The first kappa shape index (κ1) is 18.4. The van der Waals surface area contributed by atoms with Crippen LogP contribution < -0.4 is 5.32 Å². The maximum Gasteiger partial charge on any atom is 0.253 e. The predicted octanol–water partition coefficient (Wildman–Crippen LogP) is 2.44. The molecule has 0 bridgehead atoms. The minimum absolute atomic E-state index is 0.00700. The van der Waals surface area contributed by atoms with Crippen molar-refractivity contribution in [3.05, 3.63) is 29.3 Å². The van der Waals surface area contributed by atoms with E-state index in [2.05, 4.69) is 12.2 Å². The molecular weight excluding hydrogens is 330 g/mol. The second-order valence-electron chi connectivity index (χ2n) is 7.05. The summed E-state index contributed by atoms with van der Waals surface area (Å²) < 4.78 is 0. The Morgan fingerprint density at radius 1 is 1.08 bits per heavy atom. The summed E-state index contributed by atoms with van der Waals surface area (Å²) in [5.74, 6) is 0.232. The summed E-state index contributed by atoms with van der Waals surface area (Å²) in [6.07, 6.45) is 4.48. The van der Waals surface area contributed by atoms with Crippen molar-refractivity contribution < 1.29 is 14.4 Å². The molecule has 3 rings (SSSR count). The Bertz CT molecular complexity index is 702. The molecule has 0 unspecified atom stereocenters. The molecule has 6 nitrogen and oxygen atoms in total. The highest BCUT2D eigenvalue weighted by molar-refractivity contribution is 5.98. The molecule has 0 aliphatic carbocycles. The van der Waals surface area contributed by atoms with Gasteiger partial charge in [0.2, 0.25) is 11.8 Å². The van der Waals surface area contributed by atoms with Gasteiger partial charge in [0.15, 0.2) is 0 Å². The summed E-state index contributed by atoms with van der Waals surface area (Å²) in [6.45, 7) is 4.66. The number of carbonyl (C=O) groups is 3. The van der Waals surface area contributed by atoms with Gasteiger partial charge < -0.3 is 15.1 Å². The first-order valence-electron chi connectivity index (χ1n) is 9.58. The number of nitrogens with one attached hydrogen (secondary N) is 1. The lowest BCUT2D eigenvalue weighted by molar-refractivity contribution is -0.131. The average Bonchev–Trinajstić information content (AvgIpc) is 2.91. The standard InChI is InChI=1S/C20H27N3O3/c1-2-3-5-19(25)22-10-4-11-23(13-12-22)20(26)16-6-8-17-15(14-16)7-9-18(24)21-17/h6,8,14H,2-5,7,9-13H2,1H3,(H,21,24). The van der Waals surface area contributed by atoms with Crippen LogP contribution in [0.15, 0.2) is 18.2 Å². The minimum Gasteiger partial charge on any atom is -0.341 e. The van der Waals surface area contributed by atoms with Gasteiger partial charge in [-0.25, -0.2) is 0 Å². The molecule has 0 radical (unpaired) electrons. The normalized spacial score (nSPS) is 17.3. The predicted molar refractivity (Wildman–Crippen MR) is 100 cm³/mol. The maximum atomic E-state index is 12.9. The molecule has 1 saturated heterocycles. The molecule has 26 heavy (non-hydrogen) atoms. The second-order valence-corrected chi connectivity index (χ2v) is 7.05. The zero-order valence-corrected chi connectivity index (χ0v) is 15.4. The van der Waals surface area contributed by atoms with Crippen LogP contribution in [-0.2, 0) is 16.0 Å². The zero-order valence-electron chi connectivity index (χ0n) is 15.4. The van der Waals surface area contributed by atoms with Gasteiger partial charge in [-0.15, -0.1) is 0 Å². The smallest absolute Gasteiger partial charge is 0.253 e. The van der Waals surface area contributed by atoms with Crippen LogP contribution in [0.3, 0.4) is 0 Å². The summed E-state index contributed by atoms with van der Waals surface area (Å²) >= 11 is 0. The SMILES string of the molecule is CCCCC(=O)N1CCCN(C(=O)c2ccc3c(c2)CCC(=O)N3)CC1. The summed E-state index contributed by atoms with van der Waals surface area (Å²) in [5, 5.41) is 2.84. The van der Waals surface area contributed by atoms with Crippen molar-refractivity contribution >= 4 is 23.4 Å². The largest absolute Gasteiger partial charge is 0.341 e. The fourth-order valence-electron chi connectivity index (χ4n) is 3.56. The molecule has 2 heterocycles. The lowest BCUT2D eigenvalue weighted by Crippen LogP contribution is -2.37.